The number of methoxy groups -OCH3 is 1. The summed E-state index contributed by atoms with van der Waals surface area (Å²) in [7, 11) is 1.53. The maximum absolute atomic E-state index is 13.0. The van der Waals surface area contributed by atoms with Gasteiger partial charge in [0, 0.05) is 0 Å². The van der Waals surface area contributed by atoms with E-state index in [0.29, 0.717) is 11.4 Å². The molecule has 2 aromatic heterocycles. The van der Waals surface area contributed by atoms with Crippen molar-refractivity contribution in [2.24, 2.45) is 0 Å². The molecule has 0 spiro atoms. The van der Waals surface area contributed by atoms with Gasteiger partial charge in [-0.15, -0.1) is 10.2 Å². The average Bonchev–Trinajstić information content (AvgIpc) is 3.43. The molecule has 2 aromatic carbocycles. The van der Waals surface area contributed by atoms with Crippen LogP contribution in [0.4, 0.5) is 9.52 Å². The molecule has 2 heterocycles. The minimum atomic E-state index is -0.466. The first-order valence-corrected chi connectivity index (χ1v) is 9.52. The van der Waals surface area contributed by atoms with E-state index in [9.17, 15) is 9.18 Å². The monoisotopic (exact) mass is 426 g/mol. The summed E-state index contributed by atoms with van der Waals surface area (Å²) in [4.78, 5) is 12.7. The van der Waals surface area contributed by atoms with Crippen molar-refractivity contribution >= 4 is 22.4 Å². The van der Waals surface area contributed by atoms with E-state index in [1.165, 1.54) is 30.1 Å². The van der Waals surface area contributed by atoms with E-state index in [1.807, 2.05) is 6.07 Å². The van der Waals surface area contributed by atoms with Crippen molar-refractivity contribution in [2.75, 3.05) is 12.4 Å². The Kier molecular flexibility index (Phi) is 5.61. The molecule has 0 fully saturated rings. The molecule has 0 saturated heterocycles. The Hall–Kier alpha value is -3.86. The molecular weight excluding hydrogens is 411 g/mol. The summed E-state index contributed by atoms with van der Waals surface area (Å²) in [5.74, 6) is -0.238. The Labute approximate surface area is 174 Å². The first-order valence-electron chi connectivity index (χ1n) is 8.70. The maximum atomic E-state index is 13.0. The van der Waals surface area contributed by atoms with E-state index >= 15 is 0 Å². The molecule has 9 nitrogen and oxygen atoms in total. The van der Waals surface area contributed by atoms with Crippen LogP contribution in [0.15, 0.2) is 54.7 Å². The van der Waals surface area contributed by atoms with Crippen LogP contribution < -0.4 is 14.8 Å². The molecule has 0 saturated carbocycles. The maximum Gasteiger partial charge on any atom is 0.296 e. The highest BCUT2D eigenvalue weighted by atomic mass is 32.1. The summed E-state index contributed by atoms with van der Waals surface area (Å²) in [5.41, 5.74) is 1.55. The molecule has 152 valence electrons. The number of hydrogen-bond donors (Lipinski definition) is 1. The fourth-order valence-corrected chi connectivity index (χ4v) is 3.17. The zero-order valence-corrected chi connectivity index (χ0v) is 16.5. The first kappa shape index (κ1) is 19.5. The minimum Gasteiger partial charge on any atom is -0.494 e. The lowest BCUT2D eigenvalue weighted by atomic mass is 10.2. The normalized spacial score (nSPS) is 10.6. The van der Waals surface area contributed by atoms with Crippen LogP contribution in [0.2, 0.25) is 0 Å². The molecule has 0 bridgehead atoms. The van der Waals surface area contributed by atoms with Gasteiger partial charge in [0.1, 0.15) is 23.9 Å². The van der Waals surface area contributed by atoms with Crippen molar-refractivity contribution in [1.29, 1.82) is 0 Å². The van der Waals surface area contributed by atoms with E-state index < -0.39 is 5.91 Å². The summed E-state index contributed by atoms with van der Waals surface area (Å²) >= 11 is 1.06. The summed E-state index contributed by atoms with van der Waals surface area (Å²) < 4.78 is 25.2. The molecule has 1 N–H and O–H groups in total. The van der Waals surface area contributed by atoms with Gasteiger partial charge in [0.15, 0.2) is 5.69 Å². The number of nitrogens with zero attached hydrogens (tertiary/aromatic N) is 5. The van der Waals surface area contributed by atoms with Gasteiger partial charge in [-0.25, -0.2) is 9.07 Å². The van der Waals surface area contributed by atoms with Crippen LogP contribution in [0.5, 0.6) is 10.9 Å². The molecule has 11 heteroatoms. The van der Waals surface area contributed by atoms with Crippen LogP contribution in [0.25, 0.3) is 5.69 Å². The zero-order valence-electron chi connectivity index (χ0n) is 15.7. The third kappa shape index (κ3) is 4.25. The molecule has 0 aliphatic rings. The van der Waals surface area contributed by atoms with Gasteiger partial charge in [0.05, 0.1) is 13.3 Å². The SMILES string of the molecule is COc1ccccc1-n1nncc1C(=O)Nc1nnc(OCc2ccc(F)cc2)s1. The van der Waals surface area contributed by atoms with Gasteiger partial charge in [-0.3, -0.25) is 10.1 Å². The van der Waals surface area contributed by atoms with Crippen LogP contribution >= 0.6 is 11.3 Å². The molecule has 1 amide bonds. The van der Waals surface area contributed by atoms with Gasteiger partial charge in [0.2, 0.25) is 5.13 Å². The fourth-order valence-electron chi connectivity index (χ4n) is 2.58. The summed E-state index contributed by atoms with van der Waals surface area (Å²) in [5, 5.41) is 18.8. The second-order valence-corrected chi connectivity index (χ2v) is 6.89. The van der Waals surface area contributed by atoms with Crippen molar-refractivity contribution in [3.05, 3.63) is 71.8 Å². The number of carbonyl (C=O) groups excluding carboxylic acids is 1. The third-order valence-corrected chi connectivity index (χ3v) is 4.75. The van der Waals surface area contributed by atoms with Crippen molar-refractivity contribution < 1.29 is 18.7 Å². The summed E-state index contributed by atoms with van der Waals surface area (Å²) in [6.45, 7) is 0.202. The largest absolute Gasteiger partial charge is 0.494 e. The van der Waals surface area contributed by atoms with Gasteiger partial charge < -0.3 is 9.47 Å². The Morgan fingerprint density at radius 2 is 1.97 bits per heavy atom. The van der Waals surface area contributed by atoms with Crippen LogP contribution in [-0.4, -0.2) is 38.2 Å². The fraction of sp³-hybridized carbons (Fsp3) is 0.105. The minimum absolute atomic E-state index is 0.198. The first-order chi connectivity index (χ1) is 14.6. The highest BCUT2D eigenvalue weighted by molar-refractivity contribution is 7.17. The topological polar surface area (TPSA) is 104 Å². The van der Waals surface area contributed by atoms with Crippen molar-refractivity contribution in [3.8, 4) is 16.6 Å². The smallest absolute Gasteiger partial charge is 0.296 e. The molecule has 0 aliphatic heterocycles. The number of anilines is 1. The second kappa shape index (κ2) is 8.66. The van der Waals surface area contributed by atoms with Crippen LogP contribution in [0, 0.1) is 5.82 Å². The predicted octanol–water partition coefficient (Wildman–Crippen LogP) is 3.10. The average molecular weight is 426 g/mol. The number of halogens is 1. The van der Waals surface area contributed by atoms with Gasteiger partial charge in [-0.1, -0.05) is 34.6 Å². The highest BCUT2D eigenvalue weighted by Crippen LogP contribution is 2.25. The summed E-state index contributed by atoms with van der Waals surface area (Å²) in [6.07, 6.45) is 1.34. The second-order valence-electron chi connectivity index (χ2n) is 5.95. The molecule has 0 atom stereocenters. The number of amides is 1. The number of aromatic nitrogens is 5. The number of hydrogen-bond acceptors (Lipinski definition) is 8. The Morgan fingerprint density at radius 1 is 1.17 bits per heavy atom. The number of benzene rings is 2. The lowest BCUT2D eigenvalue weighted by Crippen LogP contribution is -2.17. The lowest BCUT2D eigenvalue weighted by Gasteiger charge is -2.09. The van der Waals surface area contributed by atoms with E-state index in [2.05, 4.69) is 25.8 Å². The Morgan fingerprint density at radius 3 is 2.77 bits per heavy atom. The van der Waals surface area contributed by atoms with E-state index in [4.69, 9.17) is 9.47 Å². The molecule has 4 aromatic rings. The van der Waals surface area contributed by atoms with Gasteiger partial charge in [-0.2, -0.15) is 0 Å². The van der Waals surface area contributed by atoms with Gasteiger partial charge in [-0.05, 0) is 41.2 Å². The summed E-state index contributed by atoms with van der Waals surface area (Å²) in [6, 6.07) is 13.1. The number of nitrogens with one attached hydrogen (secondary N) is 1. The van der Waals surface area contributed by atoms with E-state index in [0.717, 1.165) is 16.9 Å². The molecule has 0 unspecified atom stereocenters. The van der Waals surface area contributed by atoms with Crippen LogP contribution in [-0.2, 0) is 6.61 Å². The number of para-hydroxylation sites is 2. The molecular formula is C19H15FN6O3S. The van der Waals surface area contributed by atoms with E-state index in [-0.39, 0.29) is 28.4 Å². The standard InChI is InChI=1S/C19H15FN6O3S/c1-28-16-5-3-2-4-14(16)26-15(10-21-25-26)17(27)22-18-23-24-19(30-18)29-11-12-6-8-13(20)9-7-12/h2-10H,11H2,1H3,(H,22,23,27). The lowest BCUT2D eigenvalue weighted by molar-refractivity contribution is 0.101. The van der Waals surface area contributed by atoms with Crippen LogP contribution in [0.3, 0.4) is 0 Å². The Bertz CT molecular complexity index is 1160. The van der Waals surface area contributed by atoms with Crippen LogP contribution in [0.1, 0.15) is 16.1 Å². The van der Waals surface area contributed by atoms with Crippen molar-refractivity contribution in [1.82, 2.24) is 25.2 Å². The Balaban J connectivity index is 1.44. The highest BCUT2D eigenvalue weighted by Gasteiger charge is 2.19. The number of ether oxygens (including phenoxy) is 2. The van der Waals surface area contributed by atoms with Gasteiger partial charge >= 0.3 is 0 Å². The quantitative estimate of drug-likeness (QED) is 0.484. The molecule has 0 aliphatic carbocycles. The predicted molar refractivity (Wildman–Crippen MR) is 107 cm³/mol. The molecule has 0 radical (unpaired) electrons. The van der Waals surface area contributed by atoms with Crippen molar-refractivity contribution in [2.45, 2.75) is 6.61 Å². The number of carbonyl (C=O) groups is 1. The van der Waals surface area contributed by atoms with E-state index in [1.54, 1.807) is 30.3 Å². The molecule has 4 rings (SSSR count). The third-order valence-electron chi connectivity index (χ3n) is 4.00. The zero-order chi connectivity index (χ0) is 20.9. The van der Waals surface area contributed by atoms with Crippen molar-refractivity contribution in [3.63, 3.8) is 0 Å². The van der Waals surface area contributed by atoms with Gasteiger partial charge in [0.25, 0.3) is 11.1 Å². The molecule has 30 heavy (non-hydrogen) atoms. The number of rotatable bonds is 7.